The molecular weight excluding hydrogens is 252 g/mol. The largest absolute Gasteiger partial charge is 0.496 e. The first-order chi connectivity index (χ1) is 9.51. The lowest BCUT2D eigenvalue weighted by Crippen LogP contribution is -2.29. The SMILES string of the molecule is COc1c(C(NN)c2cnn(C)c2C)ccc(C)c1C. The van der Waals surface area contributed by atoms with Gasteiger partial charge < -0.3 is 4.74 Å². The maximum absolute atomic E-state index is 5.78. The summed E-state index contributed by atoms with van der Waals surface area (Å²) in [7, 11) is 3.61. The van der Waals surface area contributed by atoms with Crippen molar-refractivity contribution in [3.8, 4) is 5.75 Å². The van der Waals surface area contributed by atoms with Gasteiger partial charge in [-0.2, -0.15) is 5.10 Å². The summed E-state index contributed by atoms with van der Waals surface area (Å²) < 4.78 is 7.43. The van der Waals surface area contributed by atoms with Crippen LogP contribution in [0.4, 0.5) is 0 Å². The Morgan fingerprint density at radius 1 is 1.25 bits per heavy atom. The first kappa shape index (κ1) is 14.6. The summed E-state index contributed by atoms with van der Waals surface area (Å²) in [6.45, 7) is 6.16. The topological polar surface area (TPSA) is 65.1 Å². The van der Waals surface area contributed by atoms with Crippen LogP contribution in [0.25, 0.3) is 0 Å². The van der Waals surface area contributed by atoms with E-state index in [1.54, 1.807) is 7.11 Å². The van der Waals surface area contributed by atoms with E-state index in [9.17, 15) is 0 Å². The first-order valence-corrected chi connectivity index (χ1v) is 6.60. The van der Waals surface area contributed by atoms with Crippen LogP contribution in [0.1, 0.15) is 34.0 Å². The molecule has 1 aromatic heterocycles. The van der Waals surface area contributed by atoms with Crippen molar-refractivity contribution in [3.05, 3.63) is 46.3 Å². The van der Waals surface area contributed by atoms with Crippen molar-refractivity contribution in [2.75, 3.05) is 7.11 Å². The van der Waals surface area contributed by atoms with Crippen LogP contribution in [-0.4, -0.2) is 16.9 Å². The van der Waals surface area contributed by atoms with E-state index in [0.717, 1.165) is 28.1 Å². The van der Waals surface area contributed by atoms with Gasteiger partial charge in [0.1, 0.15) is 5.75 Å². The van der Waals surface area contributed by atoms with E-state index in [0.29, 0.717) is 0 Å². The standard InChI is InChI=1S/C15H22N4O/c1-9-6-7-12(15(20-5)10(9)2)14(18-16)13-8-17-19(4)11(13)3/h6-8,14,18H,16H2,1-5H3. The molecule has 108 valence electrons. The maximum atomic E-state index is 5.78. The third kappa shape index (κ3) is 2.30. The molecule has 0 aliphatic carbocycles. The minimum absolute atomic E-state index is 0.141. The van der Waals surface area contributed by atoms with Crippen LogP contribution in [0.2, 0.25) is 0 Å². The van der Waals surface area contributed by atoms with Crippen molar-refractivity contribution in [3.63, 3.8) is 0 Å². The van der Waals surface area contributed by atoms with Gasteiger partial charge in [-0.3, -0.25) is 10.5 Å². The normalized spacial score (nSPS) is 12.5. The number of aromatic nitrogens is 2. The number of benzene rings is 1. The van der Waals surface area contributed by atoms with Gasteiger partial charge in [-0.15, -0.1) is 0 Å². The third-order valence-corrected chi connectivity index (χ3v) is 3.97. The van der Waals surface area contributed by atoms with Gasteiger partial charge in [-0.1, -0.05) is 12.1 Å². The minimum atomic E-state index is -0.141. The summed E-state index contributed by atoms with van der Waals surface area (Å²) in [6.07, 6.45) is 1.84. The van der Waals surface area contributed by atoms with E-state index in [1.165, 1.54) is 5.56 Å². The smallest absolute Gasteiger partial charge is 0.127 e. The highest BCUT2D eigenvalue weighted by atomic mass is 16.5. The third-order valence-electron chi connectivity index (χ3n) is 3.97. The molecule has 0 aliphatic heterocycles. The number of aryl methyl sites for hydroxylation is 2. The van der Waals surface area contributed by atoms with E-state index in [1.807, 2.05) is 24.9 Å². The zero-order chi connectivity index (χ0) is 14.9. The first-order valence-electron chi connectivity index (χ1n) is 6.60. The summed E-state index contributed by atoms with van der Waals surface area (Å²) >= 11 is 0. The molecule has 0 fully saturated rings. The molecule has 5 heteroatoms. The van der Waals surface area contributed by atoms with Gasteiger partial charge in [-0.05, 0) is 31.9 Å². The molecule has 1 atom stereocenters. The number of hydrazine groups is 1. The maximum Gasteiger partial charge on any atom is 0.127 e. The summed E-state index contributed by atoms with van der Waals surface area (Å²) in [5.41, 5.74) is 8.36. The molecule has 1 aromatic carbocycles. The van der Waals surface area contributed by atoms with E-state index in [-0.39, 0.29) is 6.04 Å². The lowest BCUT2D eigenvalue weighted by molar-refractivity contribution is 0.400. The van der Waals surface area contributed by atoms with Gasteiger partial charge in [0.25, 0.3) is 0 Å². The summed E-state index contributed by atoms with van der Waals surface area (Å²) in [6, 6.07) is 4.00. The fourth-order valence-corrected chi connectivity index (χ4v) is 2.46. The van der Waals surface area contributed by atoms with Gasteiger partial charge in [0, 0.05) is 23.9 Å². The number of nitrogens with zero attached hydrogens (tertiary/aromatic N) is 2. The molecule has 1 unspecified atom stereocenters. The van der Waals surface area contributed by atoms with E-state index < -0.39 is 0 Å². The Hall–Kier alpha value is -1.85. The Morgan fingerprint density at radius 2 is 1.95 bits per heavy atom. The zero-order valence-corrected chi connectivity index (χ0v) is 12.7. The summed E-state index contributed by atoms with van der Waals surface area (Å²) in [4.78, 5) is 0. The molecular formula is C15H22N4O. The molecule has 0 radical (unpaired) electrons. The van der Waals surface area contributed by atoms with Crippen molar-refractivity contribution in [2.24, 2.45) is 12.9 Å². The highest BCUT2D eigenvalue weighted by Crippen LogP contribution is 2.34. The van der Waals surface area contributed by atoms with Crippen LogP contribution in [0.3, 0.4) is 0 Å². The average Bonchev–Trinajstić information content (AvgIpc) is 2.76. The second-order valence-corrected chi connectivity index (χ2v) is 5.04. The number of methoxy groups -OCH3 is 1. The van der Waals surface area contributed by atoms with Crippen molar-refractivity contribution < 1.29 is 4.74 Å². The Morgan fingerprint density at radius 3 is 2.45 bits per heavy atom. The Kier molecular flexibility index (Phi) is 4.11. The molecule has 3 N–H and O–H groups in total. The van der Waals surface area contributed by atoms with Gasteiger partial charge >= 0.3 is 0 Å². The van der Waals surface area contributed by atoms with Crippen LogP contribution in [0.5, 0.6) is 5.75 Å². The van der Waals surface area contributed by atoms with Gasteiger partial charge in [-0.25, -0.2) is 5.43 Å². The molecule has 0 saturated carbocycles. The molecule has 20 heavy (non-hydrogen) atoms. The number of hydrogen-bond acceptors (Lipinski definition) is 4. The molecule has 1 heterocycles. The Balaban J connectivity index is 2.58. The molecule has 5 nitrogen and oxygen atoms in total. The number of ether oxygens (including phenoxy) is 1. The number of hydrogen-bond donors (Lipinski definition) is 2. The predicted octanol–water partition coefficient (Wildman–Crippen LogP) is 1.91. The quantitative estimate of drug-likeness (QED) is 0.660. The predicted molar refractivity (Wildman–Crippen MR) is 79.6 cm³/mol. The molecule has 0 bridgehead atoms. The number of nitrogens with one attached hydrogen (secondary N) is 1. The molecule has 0 aliphatic rings. The number of nitrogens with two attached hydrogens (primary N) is 1. The summed E-state index contributed by atoms with van der Waals surface area (Å²) in [5, 5.41) is 4.29. The van der Waals surface area contributed by atoms with Crippen molar-refractivity contribution in [1.29, 1.82) is 0 Å². The van der Waals surface area contributed by atoms with Crippen LogP contribution in [0, 0.1) is 20.8 Å². The molecule has 0 saturated heterocycles. The molecule has 0 spiro atoms. The Labute approximate surface area is 119 Å². The fourth-order valence-electron chi connectivity index (χ4n) is 2.46. The summed E-state index contributed by atoms with van der Waals surface area (Å²) in [5.74, 6) is 6.66. The van der Waals surface area contributed by atoms with Gasteiger partial charge in [0.2, 0.25) is 0 Å². The van der Waals surface area contributed by atoms with Crippen LogP contribution in [-0.2, 0) is 7.05 Å². The number of rotatable bonds is 4. The van der Waals surface area contributed by atoms with Crippen molar-refractivity contribution in [1.82, 2.24) is 15.2 Å². The van der Waals surface area contributed by atoms with E-state index >= 15 is 0 Å². The zero-order valence-electron chi connectivity index (χ0n) is 12.7. The Bertz CT molecular complexity index is 619. The van der Waals surface area contributed by atoms with Crippen LogP contribution >= 0.6 is 0 Å². The highest BCUT2D eigenvalue weighted by molar-refractivity contribution is 5.49. The fraction of sp³-hybridized carbons (Fsp3) is 0.400. The highest BCUT2D eigenvalue weighted by Gasteiger charge is 2.22. The molecule has 2 aromatic rings. The lowest BCUT2D eigenvalue weighted by Gasteiger charge is -2.21. The van der Waals surface area contributed by atoms with Gasteiger partial charge in [0.15, 0.2) is 0 Å². The minimum Gasteiger partial charge on any atom is -0.496 e. The van der Waals surface area contributed by atoms with Crippen molar-refractivity contribution in [2.45, 2.75) is 26.8 Å². The second kappa shape index (κ2) is 5.64. The van der Waals surface area contributed by atoms with E-state index in [2.05, 4.69) is 36.5 Å². The van der Waals surface area contributed by atoms with E-state index in [4.69, 9.17) is 10.6 Å². The monoisotopic (exact) mass is 274 g/mol. The average molecular weight is 274 g/mol. The second-order valence-electron chi connectivity index (χ2n) is 5.04. The van der Waals surface area contributed by atoms with Crippen LogP contribution < -0.4 is 16.0 Å². The van der Waals surface area contributed by atoms with Crippen LogP contribution in [0.15, 0.2) is 18.3 Å². The molecule has 2 rings (SSSR count). The lowest BCUT2D eigenvalue weighted by atomic mass is 9.95. The van der Waals surface area contributed by atoms with Gasteiger partial charge in [0.05, 0.1) is 19.3 Å². The van der Waals surface area contributed by atoms with Crippen molar-refractivity contribution >= 4 is 0 Å². The molecule has 0 amide bonds.